The van der Waals surface area contributed by atoms with Crippen LogP contribution < -0.4 is 14.2 Å². The summed E-state index contributed by atoms with van der Waals surface area (Å²) in [6.07, 6.45) is 6.71. The summed E-state index contributed by atoms with van der Waals surface area (Å²) in [5.41, 5.74) is 5.74. The predicted molar refractivity (Wildman–Crippen MR) is 201 cm³/mol. The van der Waals surface area contributed by atoms with Gasteiger partial charge in [-0.2, -0.15) is 0 Å². The number of hydrogen-bond donors (Lipinski definition) is 1. The molecule has 5 aliphatic rings. The van der Waals surface area contributed by atoms with E-state index in [1.165, 1.54) is 11.1 Å². The van der Waals surface area contributed by atoms with E-state index in [0.717, 1.165) is 70.8 Å². The second kappa shape index (κ2) is 16.8. The molecule has 6 bridgehead atoms. The Kier molecular flexibility index (Phi) is 12.3. The predicted octanol–water partition coefficient (Wildman–Crippen LogP) is 9.33. The first-order valence-electron chi connectivity index (χ1n) is 17.7. The average molecular weight is 717 g/mol. The largest absolute Gasteiger partial charge is 0.497 e. The minimum Gasteiger partial charge on any atom is -0.497 e. The number of benzene rings is 4. The lowest BCUT2D eigenvalue weighted by Crippen LogP contribution is -2.42. The summed E-state index contributed by atoms with van der Waals surface area (Å²) in [6, 6.07) is 26.8. The van der Waals surface area contributed by atoms with Crippen molar-refractivity contribution in [1.82, 2.24) is 0 Å². The summed E-state index contributed by atoms with van der Waals surface area (Å²) in [7, 11) is 4.24. The van der Waals surface area contributed by atoms with E-state index in [0.29, 0.717) is 23.2 Å². The van der Waals surface area contributed by atoms with Crippen molar-refractivity contribution in [3.63, 3.8) is 0 Å². The van der Waals surface area contributed by atoms with Gasteiger partial charge >= 0.3 is 0 Å². The Hall–Kier alpha value is -3.57. The second-order valence-corrected chi connectivity index (χ2v) is 16.4. The van der Waals surface area contributed by atoms with Gasteiger partial charge in [-0.05, 0) is 128 Å². The maximum Gasteiger partial charge on any atom is 0.169 e. The smallest absolute Gasteiger partial charge is 0.169 e. The molecule has 4 aromatic carbocycles. The molecule has 0 aromatic heterocycles. The highest BCUT2D eigenvalue weighted by atomic mass is 32.3. The van der Waals surface area contributed by atoms with Crippen molar-refractivity contribution in [2.24, 2.45) is 5.92 Å². The SMILES string of the molecule is COCOC1CC2CCc3ccc(OC)c(c3)Oc3ccc(cc3S(C)(O)c3ccc(C)cc3)CCc3cc(OC)ccc3C1[C@H](OCOC)C2. The lowest BCUT2D eigenvalue weighted by Gasteiger charge is -2.42. The molecule has 0 spiro atoms. The van der Waals surface area contributed by atoms with Gasteiger partial charge in [0.15, 0.2) is 11.5 Å². The van der Waals surface area contributed by atoms with Crippen LogP contribution >= 0.6 is 10.3 Å². The van der Waals surface area contributed by atoms with Crippen molar-refractivity contribution < 1.29 is 37.7 Å². The average Bonchev–Trinajstić information content (AvgIpc) is 3.14. The molecule has 8 nitrogen and oxygen atoms in total. The van der Waals surface area contributed by atoms with E-state index in [1.807, 2.05) is 48.7 Å². The van der Waals surface area contributed by atoms with Crippen LogP contribution in [0.3, 0.4) is 0 Å². The van der Waals surface area contributed by atoms with Gasteiger partial charge in [-0.15, -0.1) is 0 Å². The Bertz CT molecular complexity index is 1740. The van der Waals surface area contributed by atoms with E-state index in [-0.39, 0.29) is 31.7 Å². The molecule has 51 heavy (non-hydrogen) atoms. The zero-order valence-corrected chi connectivity index (χ0v) is 31.5. The van der Waals surface area contributed by atoms with E-state index in [4.69, 9.17) is 33.2 Å². The van der Waals surface area contributed by atoms with Crippen molar-refractivity contribution >= 4 is 10.3 Å². The monoisotopic (exact) mass is 716 g/mol. The lowest BCUT2D eigenvalue weighted by atomic mass is 9.71. The van der Waals surface area contributed by atoms with Crippen LogP contribution in [-0.2, 0) is 38.2 Å². The van der Waals surface area contributed by atoms with Crippen LogP contribution in [0.1, 0.15) is 53.0 Å². The van der Waals surface area contributed by atoms with Gasteiger partial charge in [0, 0.05) is 25.0 Å². The molecule has 9 heteroatoms. The van der Waals surface area contributed by atoms with Gasteiger partial charge in [0.25, 0.3) is 0 Å². The third-order valence-corrected chi connectivity index (χ3v) is 12.7. The standard InChI is InChI=1S/C42H52O8S/c1-28-7-16-34(17-8-28)51(6,43)41-24-30-11-14-32-25-33(46-4)15-18-35(32)42-39(48-26-44-2)22-31(23-40(42)49-27-45-3)10-9-29-12-19-36(47-5)38(21-29)50-37(41)20-13-30/h7-8,12-13,15-21,24-25,31,39-40,42-43H,9-11,14,22-23,26-27H2,1-6H3/t31?,39-,40?,42?/m1/s1. The number of hydrogen-bond acceptors (Lipinski definition) is 8. The molecule has 0 amide bonds. The van der Waals surface area contributed by atoms with E-state index in [2.05, 4.69) is 43.3 Å². The third kappa shape index (κ3) is 8.57. The van der Waals surface area contributed by atoms with E-state index < -0.39 is 10.3 Å². The van der Waals surface area contributed by atoms with Crippen molar-refractivity contribution in [1.29, 1.82) is 0 Å². The number of methoxy groups -OCH3 is 4. The van der Waals surface area contributed by atoms with Gasteiger partial charge in [0.2, 0.25) is 0 Å². The van der Waals surface area contributed by atoms with Crippen LogP contribution in [0.2, 0.25) is 0 Å². The Labute approximate surface area is 304 Å². The summed E-state index contributed by atoms with van der Waals surface area (Å²) < 4.78 is 54.5. The number of aryl methyl sites for hydroxylation is 4. The first-order chi connectivity index (χ1) is 24.7. The summed E-state index contributed by atoms with van der Waals surface area (Å²) in [6.45, 7) is 2.46. The maximum atomic E-state index is 12.4. The Morgan fingerprint density at radius 3 is 2.08 bits per heavy atom. The van der Waals surface area contributed by atoms with Crippen LogP contribution in [0.4, 0.5) is 0 Å². The van der Waals surface area contributed by atoms with Crippen molar-refractivity contribution in [3.8, 4) is 23.0 Å². The minimum atomic E-state index is -2.45. The molecule has 274 valence electrons. The summed E-state index contributed by atoms with van der Waals surface area (Å²) in [4.78, 5) is 1.64. The zero-order chi connectivity index (χ0) is 36.0. The van der Waals surface area contributed by atoms with Gasteiger partial charge in [-0.1, -0.05) is 46.2 Å². The molecule has 4 aliphatic heterocycles. The summed E-state index contributed by atoms with van der Waals surface area (Å²) in [5, 5.41) is 0. The molecule has 5 atom stereocenters. The zero-order valence-electron chi connectivity index (χ0n) is 30.7. The van der Waals surface area contributed by atoms with Gasteiger partial charge in [0.1, 0.15) is 25.1 Å². The topological polar surface area (TPSA) is 84.8 Å². The highest BCUT2D eigenvalue weighted by Crippen LogP contribution is 2.60. The molecule has 0 radical (unpaired) electrons. The van der Waals surface area contributed by atoms with Crippen LogP contribution in [0.25, 0.3) is 0 Å². The van der Waals surface area contributed by atoms with Crippen molar-refractivity contribution in [3.05, 3.63) is 107 Å². The molecule has 1 N–H and O–H groups in total. The first-order valence-corrected chi connectivity index (χ1v) is 19.7. The molecule has 1 aliphatic carbocycles. The molecule has 1 fully saturated rings. The highest BCUT2D eigenvalue weighted by molar-refractivity contribution is 8.28. The van der Waals surface area contributed by atoms with E-state index >= 15 is 0 Å². The maximum absolute atomic E-state index is 12.4. The summed E-state index contributed by atoms with van der Waals surface area (Å²) >= 11 is 0. The second-order valence-electron chi connectivity index (χ2n) is 13.7. The molecule has 0 saturated heterocycles. The molecule has 4 aromatic rings. The van der Waals surface area contributed by atoms with Crippen LogP contribution in [0.15, 0.2) is 88.7 Å². The van der Waals surface area contributed by atoms with Crippen LogP contribution in [-0.4, -0.2) is 65.0 Å². The van der Waals surface area contributed by atoms with Gasteiger partial charge in [-0.3, -0.25) is 0 Å². The van der Waals surface area contributed by atoms with Gasteiger partial charge in [-0.25, -0.2) is 0 Å². The summed E-state index contributed by atoms with van der Waals surface area (Å²) in [5.74, 6) is 3.00. The fraction of sp³-hybridized carbons (Fsp3) is 0.429. The third-order valence-electron chi connectivity index (χ3n) is 10.3. The quantitative estimate of drug-likeness (QED) is 0.163. The Morgan fingerprint density at radius 2 is 1.41 bits per heavy atom. The molecular formula is C42H52O8S. The lowest BCUT2D eigenvalue weighted by molar-refractivity contribution is -0.151. The fourth-order valence-electron chi connectivity index (χ4n) is 7.59. The fourth-order valence-corrected chi connectivity index (χ4v) is 9.39. The first kappa shape index (κ1) is 37.2. The Balaban J connectivity index is 1.49. The molecular weight excluding hydrogens is 665 g/mol. The highest BCUT2D eigenvalue weighted by Gasteiger charge is 2.41. The van der Waals surface area contributed by atoms with Gasteiger partial charge in [0.05, 0.1) is 31.3 Å². The molecule has 4 unspecified atom stereocenters. The molecule has 1 saturated carbocycles. The minimum absolute atomic E-state index is 0.0306. The van der Waals surface area contributed by atoms with E-state index in [1.54, 1.807) is 28.4 Å². The van der Waals surface area contributed by atoms with Crippen LogP contribution in [0.5, 0.6) is 23.0 Å². The van der Waals surface area contributed by atoms with Gasteiger partial charge < -0.3 is 37.7 Å². The number of rotatable bonds is 10. The molecule has 9 rings (SSSR count). The Morgan fingerprint density at radius 1 is 0.725 bits per heavy atom. The van der Waals surface area contributed by atoms with Crippen molar-refractivity contribution in [2.75, 3.05) is 48.3 Å². The normalized spacial score (nSPS) is 22.2. The molecule has 4 heterocycles. The van der Waals surface area contributed by atoms with Crippen LogP contribution in [0, 0.1) is 12.8 Å². The number of ether oxygens (including phenoxy) is 7. The van der Waals surface area contributed by atoms with Crippen molar-refractivity contribution in [2.45, 2.75) is 73.4 Å². The van der Waals surface area contributed by atoms with E-state index in [9.17, 15) is 4.55 Å².